The number of hydrogen-bond acceptors (Lipinski definition) is 5. The van der Waals surface area contributed by atoms with Gasteiger partial charge in [0.2, 0.25) is 5.91 Å². The first-order valence-electron chi connectivity index (χ1n) is 7.90. The van der Waals surface area contributed by atoms with E-state index in [0.717, 1.165) is 11.3 Å². The standard InChI is InChI=1S/C19H17FN4OS/c1-12-11-16(21)24-19(22-12)26-17(13-5-3-2-4-6-13)18(25)23-15-9-7-14(20)8-10-15/h2-11,17H,1H3,(H,23,25)(H2,21,22,24). The molecule has 132 valence electrons. The van der Waals surface area contributed by atoms with Crippen LogP contribution in [0.25, 0.3) is 0 Å². The highest BCUT2D eigenvalue weighted by molar-refractivity contribution is 8.00. The minimum Gasteiger partial charge on any atom is -0.384 e. The largest absolute Gasteiger partial charge is 0.384 e. The molecule has 0 bridgehead atoms. The van der Waals surface area contributed by atoms with Crippen molar-refractivity contribution in [1.82, 2.24) is 9.97 Å². The summed E-state index contributed by atoms with van der Waals surface area (Å²) in [6.07, 6.45) is 0. The predicted octanol–water partition coefficient (Wildman–Crippen LogP) is 3.98. The van der Waals surface area contributed by atoms with E-state index in [9.17, 15) is 9.18 Å². The molecule has 3 rings (SSSR count). The molecule has 26 heavy (non-hydrogen) atoms. The van der Waals surface area contributed by atoms with Gasteiger partial charge >= 0.3 is 0 Å². The fourth-order valence-electron chi connectivity index (χ4n) is 2.36. The van der Waals surface area contributed by atoms with Crippen molar-refractivity contribution in [3.8, 4) is 0 Å². The van der Waals surface area contributed by atoms with E-state index in [0.29, 0.717) is 16.7 Å². The van der Waals surface area contributed by atoms with Crippen LogP contribution in [0.2, 0.25) is 0 Å². The van der Waals surface area contributed by atoms with E-state index in [1.165, 1.54) is 36.0 Å². The van der Waals surface area contributed by atoms with Crippen molar-refractivity contribution in [1.29, 1.82) is 0 Å². The number of nitrogens with one attached hydrogen (secondary N) is 1. The van der Waals surface area contributed by atoms with E-state index in [1.54, 1.807) is 6.07 Å². The maximum absolute atomic E-state index is 13.1. The number of carbonyl (C=O) groups excluding carboxylic acids is 1. The lowest BCUT2D eigenvalue weighted by molar-refractivity contribution is -0.115. The van der Waals surface area contributed by atoms with Crippen LogP contribution in [0.3, 0.4) is 0 Å². The first kappa shape index (κ1) is 17.9. The van der Waals surface area contributed by atoms with Gasteiger partial charge in [0.25, 0.3) is 0 Å². The van der Waals surface area contributed by atoms with Crippen LogP contribution in [0, 0.1) is 12.7 Å². The van der Waals surface area contributed by atoms with Crippen LogP contribution in [0.5, 0.6) is 0 Å². The van der Waals surface area contributed by atoms with E-state index in [4.69, 9.17) is 5.73 Å². The molecule has 1 unspecified atom stereocenters. The smallest absolute Gasteiger partial charge is 0.242 e. The molecule has 5 nitrogen and oxygen atoms in total. The van der Waals surface area contributed by atoms with Crippen LogP contribution in [0.1, 0.15) is 16.5 Å². The Morgan fingerprint density at radius 2 is 1.81 bits per heavy atom. The summed E-state index contributed by atoms with van der Waals surface area (Å²) < 4.78 is 13.1. The quantitative estimate of drug-likeness (QED) is 0.526. The average Bonchev–Trinajstić information content (AvgIpc) is 2.61. The number of rotatable bonds is 5. The molecule has 0 radical (unpaired) electrons. The number of halogens is 1. The zero-order valence-corrected chi connectivity index (χ0v) is 14.8. The number of amides is 1. The van der Waals surface area contributed by atoms with Gasteiger partial charge < -0.3 is 11.1 Å². The lowest BCUT2D eigenvalue weighted by Gasteiger charge is -2.16. The van der Waals surface area contributed by atoms with Crippen LogP contribution < -0.4 is 11.1 Å². The predicted molar refractivity (Wildman–Crippen MR) is 101 cm³/mol. The van der Waals surface area contributed by atoms with Crippen molar-refractivity contribution in [2.45, 2.75) is 17.3 Å². The SMILES string of the molecule is Cc1cc(N)nc(SC(C(=O)Nc2ccc(F)cc2)c2ccccc2)n1. The molecule has 0 aliphatic carbocycles. The number of benzene rings is 2. The van der Waals surface area contributed by atoms with Gasteiger partial charge in [-0.15, -0.1) is 0 Å². The Labute approximate surface area is 154 Å². The van der Waals surface area contributed by atoms with E-state index < -0.39 is 5.25 Å². The molecule has 0 saturated heterocycles. The normalized spacial score (nSPS) is 11.8. The maximum Gasteiger partial charge on any atom is 0.242 e. The zero-order chi connectivity index (χ0) is 18.5. The number of hydrogen-bond donors (Lipinski definition) is 2. The van der Waals surface area contributed by atoms with Gasteiger partial charge in [-0.3, -0.25) is 4.79 Å². The Balaban J connectivity index is 1.87. The number of nitrogens with two attached hydrogens (primary N) is 1. The van der Waals surface area contributed by atoms with E-state index >= 15 is 0 Å². The molecule has 0 spiro atoms. The van der Waals surface area contributed by atoms with Gasteiger partial charge in [0.1, 0.15) is 16.9 Å². The Morgan fingerprint density at radius 1 is 1.12 bits per heavy atom. The van der Waals surface area contributed by atoms with Gasteiger partial charge in [-0.25, -0.2) is 14.4 Å². The fraction of sp³-hybridized carbons (Fsp3) is 0.105. The summed E-state index contributed by atoms with van der Waals surface area (Å²) in [6, 6.07) is 16.6. The molecule has 1 heterocycles. The third-order valence-corrected chi connectivity index (χ3v) is 4.64. The summed E-state index contributed by atoms with van der Waals surface area (Å²) in [4.78, 5) is 21.4. The molecule has 7 heteroatoms. The van der Waals surface area contributed by atoms with Crippen molar-refractivity contribution < 1.29 is 9.18 Å². The molecular formula is C19H17FN4OS. The third-order valence-electron chi connectivity index (χ3n) is 3.53. The summed E-state index contributed by atoms with van der Waals surface area (Å²) in [5, 5.41) is 2.64. The second-order valence-corrected chi connectivity index (χ2v) is 6.69. The van der Waals surface area contributed by atoms with Gasteiger partial charge in [-0.1, -0.05) is 42.1 Å². The van der Waals surface area contributed by atoms with Crippen LogP contribution in [-0.4, -0.2) is 15.9 Å². The van der Waals surface area contributed by atoms with Crippen LogP contribution in [-0.2, 0) is 4.79 Å². The number of aromatic nitrogens is 2. The number of anilines is 2. The molecule has 0 saturated carbocycles. The minimum atomic E-state index is -0.581. The summed E-state index contributed by atoms with van der Waals surface area (Å²) in [5.41, 5.74) is 7.84. The van der Waals surface area contributed by atoms with Gasteiger partial charge in [0, 0.05) is 17.4 Å². The number of aryl methyl sites for hydroxylation is 1. The molecule has 2 aromatic carbocycles. The van der Waals surface area contributed by atoms with Crippen molar-refractivity contribution in [2.24, 2.45) is 0 Å². The van der Waals surface area contributed by atoms with Crippen molar-refractivity contribution >= 4 is 29.2 Å². The molecule has 0 aliphatic rings. The molecule has 1 aromatic heterocycles. The lowest BCUT2D eigenvalue weighted by Crippen LogP contribution is -2.19. The first-order valence-corrected chi connectivity index (χ1v) is 8.78. The highest BCUT2D eigenvalue weighted by Gasteiger charge is 2.23. The Morgan fingerprint density at radius 3 is 2.46 bits per heavy atom. The molecule has 1 amide bonds. The third kappa shape index (κ3) is 4.58. The summed E-state index contributed by atoms with van der Waals surface area (Å²) in [7, 11) is 0. The average molecular weight is 368 g/mol. The van der Waals surface area contributed by atoms with Gasteiger partial charge in [0.15, 0.2) is 5.16 Å². The zero-order valence-electron chi connectivity index (χ0n) is 14.0. The van der Waals surface area contributed by atoms with Gasteiger partial charge in [-0.2, -0.15) is 0 Å². The van der Waals surface area contributed by atoms with Crippen molar-refractivity contribution in [3.05, 3.63) is 77.7 Å². The molecule has 1 atom stereocenters. The van der Waals surface area contributed by atoms with E-state index in [2.05, 4.69) is 15.3 Å². The Kier molecular flexibility index (Phi) is 5.48. The summed E-state index contributed by atoms with van der Waals surface area (Å²) in [6.45, 7) is 1.82. The number of nitrogen functional groups attached to an aromatic ring is 1. The van der Waals surface area contributed by atoms with Crippen molar-refractivity contribution in [3.63, 3.8) is 0 Å². The van der Waals surface area contributed by atoms with Crippen LogP contribution in [0.4, 0.5) is 15.9 Å². The lowest BCUT2D eigenvalue weighted by atomic mass is 10.1. The topological polar surface area (TPSA) is 80.9 Å². The van der Waals surface area contributed by atoms with Crippen LogP contribution >= 0.6 is 11.8 Å². The fourth-order valence-corrected chi connectivity index (χ4v) is 3.39. The second kappa shape index (κ2) is 7.97. The summed E-state index contributed by atoms with van der Waals surface area (Å²) >= 11 is 1.21. The van der Waals surface area contributed by atoms with E-state index in [-0.39, 0.29) is 11.7 Å². The van der Waals surface area contributed by atoms with Gasteiger partial charge in [-0.05, 0) is 36.8 Å². The Bertz CT molecular complexity index is 883. The number of thioether (sulfide) groups is 1. The highest BCUT2D eigenvalue weighted by Crippen LogP contribution is 2.34. The Hall–Kier alpha value is -2.93. The maximum atomic E-state index is 13.1. The second-order valence-electron chi connectivity index (χ2n) is 5.62. The van der Waals surface area contributed by atoms with Crippen LogP contribution in [0.15, 0.2) is 65.8 Å². The number of nitrogens with zero attached hydrogens (tertiary/aromatic N) is 2. The van der Waals surface area contributed by atoms with E-state index in [1.807, 2.05) is 37.3 Å². The molecular weight excluding hydrogens is 351 g/mol. The molecule has 3 aromatic rings. The summed E-state index contributed by atoms with van der Waals surface area (Å²) in [5.74, 6) is -0.261. The van der Waals surface area contributed by atoms with Crippen molar-refractivity contribution in [2.75, 3.05) is 11.1 Å². The molecule has 3 N–H and O–H groups in total. The highest BCUT2D eigenvalue weighted by atomic mass is 32.2. The first-order chi connectivity index (χ1) is 12.5. The molecule has 0 aliphatic heterocycles. The number of carbonyl (C=O) groups is 1. The minimum absolute atomic E-state index is 0.253. The monoisotopic (exact) mass is 368 g/mol. The van der Waals surface area contributed by atoms with Gasteiger partial charge in [0.05, 0.1) is 0 Å². The molecule has 0 fully saturated rings.